The molecule has 0 fully saturated rings. The maximum Gasteiger partial charge on any atom is 0.361 e. The van der Waals surface area contributed by atoms with Gasteiger partial charge in [-0.3, -0.25) is 0 Å². The first kappa shape index (κ1) is 18.9. The summed E-state index contributed by atoms with van der Waals surface area (Å²) in [6, 6.07) is 13.0. The maximum atomic E-state index is 12.1. The van der Waals surface area contributed by atoms with Crippen LogP contribution < -0.4 is 9.47 Å². The molecule has 0 spiro atoms. The Hall–Kier alpha value is -2.87. The Morgan fingerprint density at radius 3 is 2.78 bits per heavy atom. The van der Waals surface area contributed by atoms with Gasteiger partial charge >= 0.3 is 5.97 Å². The Bertz CT molecular complexity index is 942. The molecule has 1 aromatic heterocycles. The molecule has 0 bridgehead atoms. The average Bonchev–Trinajstić information content (AvgIpc) is 3.16. The molecule has 8 heteroatoms. The Kier molecular flexibility index (Phi) is 6.08. The molecule has 0 saturated carbocycles. The van der Waals surface area contributed by atoms with Crippen molar-refractivity contribution in [1.29, 1.82) is 0 Å². The van der Waals surface area contributed by atoms with Crippen molar-refractivity contribution in [1.82, 2.24) is 15.4 Å². The molecule has 0 amide bonds. The molecule has 7 nitrogen and oxygen atoms in total. The summed E-state index contributed by atoms with van der Waals surface area (Å²) in [5.74, 6) is 0.879. The fourth-order valence-corrected chi connectivity index (χ4v) is 2.91. The van der Waals surface area contributed by atoms with Gasteiger partial charge in [-0.1, -0.05) is 22.0 Å². The average molecular weight is 432 g/mol. The highest BCUT2D eigenvalue weighted by Gasteiger charge is 2.20. The van der Waals surface area contributed by atoms with Crippen LogP contribution in [0.15, 0.2) is 46.9 Å². The first-order valence-electron chi connectivity index (χ1n) is 8.26. The lowest BCUT2D eigenvalue weighted by Crippen LogP contribution is -2.07. The van der Waals surface area contributed by atoms with Crippen LogP contribution in [0.3, 0.4) is 0 Å². The van der Waals surface area contributed by atoms with Crippen LogP contribution >= 0.6 is 15.9 Å². The topological polar surface area (TPSA) is 86.3 Å². The van der Waals surface area contributed by atoms with Crippen molar-refractivity contribution in [2.24, 2.45) is 0 Å². The van der Waals surface area contributed by atoms with Crippen LogP contribution in [-0.2, 0) is 11.3 Å². The summed E-state index contributed by atoms with van der Waals surface area (Å²) in [6.07, 6.45) is 0. The van der Waals surface area contributed by atoms with Crippen molar-refractivity contribution >= 4 is 21.9 Å². The van der Waals surface area contributed by atoms with Crippen LogP contribution in [0.25, 0.3) is 11.3 Å². The highest BCUT2D eigenvalue weighted by Crippen LogP contribution is 2.28. The third-order valence-corrected chi connectivity index (χ3v) is 4.25. The molecular weight excluding hydrogens is 414 g/mol. The molecular formula is C19H18BrN3O4. The highest BCUT2D eigenvalue weighted by molar-refractivity contribution is 9.10. The number of aromatic nitrogens is 3. The number of rotatable bonds is 7. The zero-order chi connectivity index (χ0) is 19.2. The summed E-state index contributed by atoms with van der Waals surface area (Å²) in [5, 5.41) is 10.5. The van der Waals surface area contributed by atoms with Crippen LogP contribution in [0.1, 0.15) is 23.0 Å². The monoisotopic (exact) mass is 431 g/mol. The van der Waals surface area contributed by atoms with Crippen LogP contribution in [0, 0.1) is 0 Å². The molecule has 0 saturated heterocycles. The van der Waals surface area contributed by atoms with Crippen molar-refractivity contribution in [3.8, 4) is 22.8 Å². The molecule has 0 atom stereocenters. The number of ether oxygens (including phenoxy) is 3. The number of esters is 1. The Morgan fingerprint density at radius 2 is 2.04 bits per heavy atom. The largest absolute Gasteiger partial charge is 0.496 e. The van der Waals surface area contributed by atoms with Crippen LogP contribution in [0.2, 0.25) is 0 Å². The predicted octanol–water partition coefficient (Wildman–Crippen LogP) is 4.00. The van der Waals surface area contributed by atoms with Gasteiger partial charge in [0, 0.05) is 15.6 Å². The highest BCUT2D eigenvalue weighted by atomic mass is 79.9. The van der Waals surface area contributed by atoms with Crippen molar-refractivity contribution in [2.75, 3.05) is 13.7 Å². The minimum atomic E-state index is -0.524. The minimum Gasteiger partial charge on any atom is -0.496 e. The van der Waals surface area contributed by atoms with Gasteiger partial charge < -0.3 is 14.2 Å². The number of halogens is 1. The van der Waals surface area contributed by atoms with E-state index in [0.29, 0.717) is 23.6 Å². The number of aromatic amines is 1. The minimum absolute atomic E-state index is 0.140. The number of carbonyl (C=O) groups is 1. The smallest absolute Gasteiger partial charge is 0.361 e. The molecule has 27 heavy (non-hydrogen) atoms. The molecule has 0 aliphatic carbocycles. The van der Waals surface area contributed by atoms with Gasteiger partial charge in [-0.25, -0.2) is 4.79 Å². The van der Waals surface area contributed by atoms with E-state index in [9.17, 15) is 4.79 Å². The van der Waals surface area contributed by atoms with E-state index in [2.05, 4.69) is 31.3 Å². The number of H-pyrrole nitrogens is 1. The van der Waals surface area contributed by atoms with E-state index in [1.54, 1.807) is 20.1 Å². The van der Waals surface area contributed by atoms with Crippen molar-refractivity contribution in [3.63, 3.8) is 0 Å². The van der Waals surface area contributed by atoms with E-state index in [4.69, 9.17) is 14.2 Å². The standard InChI is InChI=1S/C19H18BrN3O4/c1-3-26-19(24)18-17(21-23-22-18)12-7-8-16(25-2)13(9-12)11-27-15-6-4-5-14(20)10-15/h4-10H,3,11H2,1-2H3,(H,21,22,23). The zero-order valence-corrected chi connectivity index (χ0v) is 16.4. The summed E-state index contributed by atoms with van der Waals surface area (Å²) in [5.41, 5.74) is 2.08. The van der Waals surface area contributed by atoms with Crippen molar-refractivity contribution < 1.29 is 19.0 Å². The lowest BCUT2D eigenvalue weighted by molar-refractivity contribution is 0.0520. The van der Waals surface area contributed by atoms with E-state index < -0.39 is 5.97 Å². The van der Waals surface area contributed by atoms with Gasteiger partial charge in [0.2, 0.25) is 0 Å². The number of benzene rings is 2. The number of hydrogen-bond acceptors (Lipinski definition) is 6. The van der Waals surface area contributed by atoms with E-state index in [1.165, 1.54) is 0 Å². The van der Waals surface area contributed by atoms with Gasteiger partial charge in [0.15, 0.2) is 5.69 Å². The predicted molar refractivity (Wildman–Crippen MR) is 103 cm³/mol. The molecule has 3 aromatic rings. The zero-order valence-electron chi connectivity index (χ0n) is 14.9. The lowest BCUT2D eigenvalue weighted by atomic mass is 10.1. The molecule has 1 heterocycles. The second-order valence-corrected chi connectivity index (χ2v) is 6.43. The second kappa shape index (κ2) is 8.68. The summed E-state index contributed by atoms with van der Waals surface area (Å²) in [4.78, 5) is 12.1. The summed E-state index contributed by atoms with van der Waals surface area (Å²) in [7, 11) is 1.59. The Balaban J connectivity index is 1.88. The fraction of sp³-hybridized carbons (Fsp3) is 0.211. The molecule has 0 aliphatic rings. The summed E-state index contributed by atoms with van der Waals surface area (Å²) >= 11 is 3.42. The van der Waals surface area contributed by atoms with E-state index >= 15 is 0 Å². The molecule has 0 radical (unpaired) electrons. The molecule has 140 valence electrons. The summed E-state index contributed by atoms with van der Waals surface area (Å²) in [6.45, 7) is 2.29. The van der Waals surface area contributed by atoms with Crippen molar-refractivity contribution in [2.45, 2.75) is 13.5 Å². The molecule has 0 aliphatic heterocycles. The van der Waals surface area contributed by atoms with Crippen molar-refractivity contribution in [3.05, 3.63) is 58.2 Å². The quantitative estimate of drug-likeness (QED) is 0.568. The first-order valence-corrected chi connectivity index (χ1v) is 9.05. The molecule has 1 N–H and O–H groups in total. The SMILES string of the molecule is CCOC(=O)c1n[nH]nc1-c1ccc(OC)c(COc2cccc(Br)c2)c1. The third-order valence-electron chi connectivity index (χ3n) is 3.76. The van der Waals surface area contributed by atoms with E-state index in [1.807, 2.05) is 36.4 Å². The summed E-state index contributed by atoms with van der Waals surface area (Å²) < 4.78 is 17.2. The first-order chi connectivity index (χ1) is 13.1. The number of methoxy groups -OCH3 is 1. The van der Waals surface area contributed by atoms with Crippen LogP contribution in [-0.4, -0.2) is 35.1 Å². The van der Waals surface area contributed by atoms with Gasteiger partial charge in [-0.05, 0) is 43.3 Å². The fourth-order valence-electron chi connectivity index (χ4n) is 2.53. The van der Waals surface area contributed by atoms with Crippen LogP contribution in [0.5, 0.6) is 11.5 Å². The number of nitrogens with zero attached hydrogens (tertiary/aromatic N) is 2. The van der Waals surface area contributed by atoms with Gasteiger partial charge in [-0.15, -0.1) is 5.10 Å². The van der Waals surface area contributed by atoms with Gasteiger partial charge in [0.25, 0.3) is 0 Å². The normalized spacial score (nSPS) is 10.5. The molecule has 0 unspecified atom stereocenters. The number of nitrogens with one attached hydrogen (secondary N) is 1. The number of hydrogen-bond donors (Lipinski definition) is 1. The van der Waals surface area contributed by atoms with Gasteiger partial charge in [-0.2, -0.15) is 10.3 Å². The van der Waals surface area contributed by atoms with Gasteiger partial charge in [0.1, 0.15) is 23.8 Å². The lowest BCUT2D eigenvalue weighted by Gasteiger charge is -2.12. The van der Waals surface area contributed by atoms with E-state index in [-0.39, 0.29) is 12.3 Å². The molecule has 3 rings (SSSR count). The van der Waals surface area contributed by atoms with Gasteiger partial charge in [0.05, 0.1) is 13.7 Å². The Labute approximate surface area is 164 Å². The van der Waals surface area contributed by atoms with Crippen LogP contribution in [0.4, 0.5) is 0 Å². The molecule has 2 aromatic carbocycles. The maximum absolute atomic E-state index is 12.1. The Morgan fingerprint density at radius 1 is 1.19 bits per heavy atom. The second-order valence-electron chi connectivity index (χ2n) is 5.51. The third kappa shape index (κ3) is 4.46. The number of carbonyl (C=O) groups excluding carboxylic acids is 1. The van der Waals surface area contributed by atoms with E-state index in [0.717, 1.165) is 15.8 Å².